The average Bonchev–Trinajstić information content (AvgIpc) is 3.37. The molecule has 0 unspecified atom stereocenters. The molecule has 180 valence electrons. The molecule has 0 spiro atoms. The highest BCUT2D eigenvalue weighted by Crippen LogP contribution is 2.34. The van der Waals surface area contributed by atoms with Gasteiger partial charge in [0.25, 0.3) is 5.91 Å². The molecule has 2 heterocycles. The van der Waals surface area contributed by atoms with E-state index in [9.17, 15) is 26.4 Å². The Kier molecular flexibility index (Phi) is 6.19. The van der Waals surface area contributed by atoms with Crippen LogP contribution in [-0.2, 0) is 22.9 Å². The molecule has 0 saturated heterocycles. The Hall–Kier alpha value is -2.92. The van der Waals surface area contributed by atoms with Crippen LogP contribution in [0.4, 0.5) is 13.2 Å². The van der Waals surface area contributed by atoms with Crippen LogP contribution in [0.15, 0.2) is 46.7 Å². The topological polar surface area (TPSA) is 76.6 Å². The molecule has 0 saturated carbocycles. The summed E-state index contributed by atoms with van der Waals surface area (Å²) < 4.78 is 68.3. The fraction of sp³-hybridized carbons (Fsp3) is 0.304. The van der Waals surface area contributed by atoms with Gasteiger partial charge < -0.3 is 9.64 Å². The van der Waals surface area contributed by atoms with E-state index in [4.69, 9.17) is 4.74 Å². The van der Waals surface area contributed by atoms with Crippen molar-refractivity contribution in [2.24, 2.45) is 0 Å². The van der Waals surface area contributed by atoms with Crippen LogP contribution >= 0.6 is 11.3 Å². The van der Waals surface area contributed by atoms with E-state index in [0.29, 0.717) is 0 Å². The quantitative estimate of drug-likeness (QED) is 0.483. The first-order valence-electron chi connectivity index (χ1n) is 10.2. The predicted octanol–water partition coefficient (Wildman–Crippen LogP) is 5.01. The minimum atomic E-state index is -4.65. The molecule has 11 heteroatoms. The highest BCUT2D eigenvalue weighted by Gasteiger charge is 2.39. The lowest BCUT2D eigenvalue weighted by molar-refractivity contribution is -0.189. The first kappa shape index (κ1) is 24.2. The monoisotopic (exact) mass is 510 g/mol. The van der Waals surface area contributed by atoms with Crippen molar-refractivity contribution in [2.75, 3.05) is 6.26 Å². The molecule has 1 amide bonds. The third-order valence-corrected chi connectivity index (χ3v) is 7.58. The summed E-state index contributed by atoms with van der Waals surface area (Å²) in [5, 5.41) is 2.79. The third-order valence-electron chi connectivity index (χ3n) is 5.46. The number of carbonyl (C=O) groups excluding carboxylic acids is 1. The fourth-order valence-corrected chi connectivity index (χ4v) is 5.04. The SMILES string of the molecule is Cc1csc(-c2ccc3c(c2)CN(C(=O)c2cc(S(C)(=O)=O)ccc2O[C@@H](C)C(F)(F)F)C3)n1. The van der Waals surface area contributed by atoms with Crippen LogP contribution in [0.25, 0.3) is 10.6 Å². The molecule has 1 aromatic heterocycles. The molecule has 2 aromatic carbocycles. The lowest BCUT2D eigenvalue weighted by atomic mass is 10.1. The summed E-state index contributed by atoms with van der Waals surface area (Å²) in [6, 6.07) is 9.04. The average molecular weight is 511 g/mol. The van der Waals surface area contributed by atoms with Crippen molar-refractivity contribution >= 4 is 27.1 Å². The summed E-state index contributed by atoms with van der Waals surface area (Å²) in [6.07, 6.45) is -5.86. The van der Waals surface area contributed by atoms with E-state index >= 15 is 0 Å². The number of halogens is 3. The maximum absolute atomic E-state index is 13.4. The molecule has 0 bridgehead atoms. The van der Waals surface area contributed by atoms with E-state index in [-0.39, 0.29) is 29.3 Å². The number of amides is 1. The maximum atomic E-state index is 13.4. The van der Waals surface area contributed by atoms with Crippen LogP contribution in [0.2, 0.25) is 0 Å². The highest BCUT2D eigenvalue weighted by atomic mass is 32.2. The number of benzene rings is 2. The predicted molar refractivity (Wildman–Crippen MR) is 122 cm³/mol. The molecule has 1 aliphatic rings. The van der Waals surface area contributed by atoms with E-state index < -0.39 is 28.0 Å². The molecule has 34 heavy (non-hydrogen) atoms. The number of hydrogen-bond donors (Lipinski definition) is 0. The van der Waals surface area contributed by atoms with Gasteiger partial charge in [-0.1, -0.05) is 12.1 Å². The summed E-state index contributed by atoms with van der Waals surface area (Å²) in [5.41, 5.74) is 3.37. The van der Waals surface area contributed by atoms with Crippen LogP contribution in [0, 0.1) is 6.92 Å². The lowest BCUT2D eigenvalue weighted by Gasteiger charge is -2.22. The van der Waals surface area contributed by atoms with Crippen molar-refractivity contribution in [2.45, 2.75) is 44.1 Å². The number of aryl methyl sites for hydroxylation is 1. The molecule has 4 rings (SSSR count). The first-order valence-corrected chi connectivity index (χ1v) is 13.0. The van der Waals surface area contributed by atoms with Gasteiger partial charge in [0, 0.05) is 36.0 Å². The normalized spacial score (nSPS) is 14.7. The van der Waals surface area contributed by atoms with Crippen molar-refractivity contribution in [1.29, 1.82) is 0 Å². The van der Waals surface area contributed by atoms with Gasteiger partial charge in [0.1, 0.15) is 10.8 Å². The third kappa shape index (κ3) is 4.95. The Morgan fingerprint density at radius 2 is 1.85 bits per heavy atom. The molecule has 0 radical (unpaired) electrons. The molecular weight excluding hydrogens is 489 g/mol. The number of hydrogen-bond acceptors (Lipinski definition) is 6. The van der Waals surface area contributed by atoms with Crippen molar-refractivity contribution in [1.82, 2.24) is 9.88 Å². The Morgan fingerprint density at radius 3 is 2.47 bits per heavy atom. The Balaban J connectivity index is 1.65. The zero-order chi connectivity index (χ0) is 24.8. The number of nitrogens with zero attached hydrogens (tertiary/aromatic N) is 2. The minimum Gasteiger partial charge on any atom is -0.480 e. The second-order valence-electron chi connectivity index (χ2n) is 8.17. The number of alkyl halides is 3. The smallest absolute Gasteiger partial charge is 0.425 e. The standard InChI is InChI=1S/C23H21F3N2O4S2/c1-13-12-33-21(27-13)15-4-5-16-10-28(11-17(16)8-15)22(29)19-9-18(34(3,30)31)6-7-20(19)32-14(2)23(24,25)26/h4-9,12,14H,10-11H2,1-3H3/t14-/m0/s1. The van der Waals surface area contributed by atoms with Gasteiger partial charge in [-0.05, 0) is 49.2 Å². The Morgan fingerprint density at radius 1 is 1.15 bits per heavy atom. The summed E-state index contributed by atoms with van der Waals surface area (Å²) in [5.74, 6) is -0.935. The minimum absolute atomic E-state index is 0.180. The van der Waals surface area contributed by atoms with Crippen LogP contribution in [0.3, 0.4) is 0 Å². The van der Waals surface area contributed by atoms with E-state index in [1.165, 1.54) is 16.2 Å². The van der Waals surface area contributed by atoms with Gasteiger partial charge in [-0.2, -0.15) is 13.2 Å². The second kappa shape index (κ2) is 8.70. The molecule has 1 atom stereocenters. The number of carbonyl (C=O) groups is 1. The van der Waals surface area contributed by atoms with Gasteiger partial charge in [0.15, 0.2) is 15.9 Å². The zero-order valence-corrected chi connectivity index (χ0v) is 20.1. The lowest BCUT2D eigenvalue weighted by Crippen LogP contribution is -2.32. The zero-order valence-electron chi connectivity index (χ0n) is 18.5. The van der Waals surface area contributed by atoms with Crippen molar-refractivity contribution < 1.29 is 31.1 Å². The number of fused-ring (bicyclic) bond motifs is 1. The Labute approximate surface area is 198 Å². The summed E-state index contributed by atoms with van der Waals surface area (Å²) in [7, 11) is -3.70. The molecule has 0 aliphatic carbocycles. The number of thiazole rings is 1. The Bertz CT molecular complexity index is 1370. The van der Waals surface area contributed by atoms with Crippen LogP contribution in [-0.4, -0.2) is 42.7 Å². The van der Waals surface area contributed by atoms with Crippen molar-refractivity contribution in [3.05, 3.63) is 64.2 Å². The first-order chi connectivity index (χ1) is 15.8. The number of rotatable bonds is 5. The van der Waals surface area contributed by atoms with Gasteiger partial charge >= 0.3 is 6.18 Å². The van der Waals surface area contributed by atoms with E-state index in [2.05, 4.69) is 4.98 Å². The van der Waals surface area contributed by atoms with Gasteiger partial charge in [0.05, 0.1) is 10.5 Å². The summed E-state index contributed by atoms with van der Waals surface area (Å²) in [4.78, 5) is 19.1. The van der Waals surface area contributed by atoms with E-state index in [0.717, 1.165) is 58.8 Å². The number of ether oxygens (including phenoxy) is 1. The van der Waals surface area contributed by atoms with Gasteiger partial charge in [0.2, 0.25) is 0 Å². The fourth-order valence-electron chi connectivity index (χ4n) is 3.59. The highest BCUT2D eigenvalue weighted by molar-refractivity contribution is 7.90. The molecule has 6 nitrogen and oxygen atoms in total. The van der Waals surface area contributed by atoms with Crippen LogP contribution < -0.4 is 4.74 Å². The molecule has 3 aromatic rings. The van der Waals surface area contributed by atoms with Gasteiger partial charge in [-0.3, -0.25) is 4.79 Å². The van der Waals surface area contributed by atoms with E-state index in [1.807, 2.05) is 30.5 Å². The van der Waals surface area contributed by atoms with Gasteiger partial charge in [-0.15, -0.1) is 11.3 Å². The summed E-state index contributed by atoms with van der Waals surface area (Å²) >= 11 is 1.51. The second-order valence-corrected chi connectivity index (χ2v) is 11.0. The molecule has 1 aliphatic heterocycles. The number of sulfone groups is 1. The molecule has 0 N–H and O–H groups in total. The largest absolute Gasteiger partial charge is 0.480 e. The summed E-state index contributed by atoms with van der Waals surface area (Å²) in [6.45, 7) is 3.19. The van der Waals surface area contributed by atoms with Gasteiger partial charge in [-0.25, -0.2) is 13.4 Å². The van der Waals surface area contributed by atoms with Crippen molar-refractivity contribution in [3.8, 4) is 16.3 Å². The molecule has 0 fully saturated rings. The van der Waals surface area contributed by atoms with Crippen LogP contribution in [0.1, 0.15) is 34.1 Å². The number of aromatic nitrogens is 1. The van der Waals surface area contributed by atoms with E-state index in [1.54, 1.807) is 0 Å². The maximum Gasteiger partial charge on any atom is 0.425 e. The van der Waals surface area contributed by atoms with Crippen LogP contribution in [0.5, 0.6) is 5.75 Å². The van der Waals surface area contributed by atoms with Crippen molar-refractivity contribution in [3.63, 3.8) is 0 Å². The molecular formula is C23H21F3N2O4S2.